The molecule has 1 aliphatic heterocycles. The predicted octanol–water partition coefficient (Wildman–Crippen LogP) is 2.81. The van der Waals surface area contributed by atoms with Gasteiger partial charge in [-0.3, -0.25) is 4.79 Å². The predicted molar refractivity (Wildman–Crippen MR) is 131 cm³/mol. The van der Waals surface area contributed by atoms with E-state index in [0.717, 1.165) is 23.5 Å². The number of ether oxygens (including phenoxy) is 1. The number of aromatic carboxylic acids is 1. The molecule has 3 aromatic rings. The summed E-state index contributed by atoms with van der Waals surface area (Å²) in [6.45, 7) is 1.34. The van der Waals surface area contributed by atoms with Crippen molar-refractivity contribution >= 4 is 59.8 Å². The number of sulfone groups is 1. The van der Waals surface area contributed by atoms with E-state index < -0.39 is 50.6 Å². The number of benzene rings is 2. The number of thiazole rings is 1. The third kappa shape index (κ3) is 4.81. The zero-order valence-corrected chi connectivity index (χ0v) is 20.8. The quantitative estimate of drug-likeness (QED) is 0.323. The van der Waals surface area contributed by atoms with E-state index in [2.05, 4.69) is 20.4 Å². The van der Waals surface area contributed by atoms with E-state index in [9.17, 15) is 36.3 Å². The number of carboxylic acid groups (broad SMARTS) is 1. The molecule has 198 valence electrons. The third-order valence-electron chi connectivity index (χ3n) is 5.75. The molecule has 2 aromatic carbocycles. The number of halogens is 3. The van der Waals surface area contributed by atoms with Crippen LogP contribution >= 0.6 is 11.3 Å². The fourth-order valence-electron chi connectivity index (χ4n) is 4.09. The first-order chi connectivity index (χ1) is 17.2. The molecule has 1 amide bonds. The molecule has 1 aromatic heterocycles. The molecule has 4 rings (SSSR count). The van der Waals surface area contributed by atoms with Crippen molar-refractivity contribution in [3.8, 4) is 5.75 Å². The van der Waals surface area contributed by atoms with Crippen molar-refractivity contribution in [3.05, 3.63) is 42.0 Å². The summed E-state index contributed by atoms with van der Waals surface area (Å²) in [6.07, 6.45) is -4.90. The van der Waals surface area contributed by atoms with Gasteiger partial charge in [0.1, 0.15) is 5.75 Å². The minimum absolute atomic E-state index is 0.0438. The van der Waals surface area contributed by atoms with Gasteiger partial charge >= 0.3 is 12.3 Å². The smallest absolute Gasteiger partial charge is 0.478 e. The highest BCUT2D eigenvalue weighted by Crippen LogP contribution is 2.44. The molecule has 1 aliphatic rings. The van der Waals surface area contributed by atoms with Crippen LogP contribution in [0.1, 0.15) is 17.3 Å². The van der Waals surface area contributed by atoms with Crippen molar-refractivity contribution < 1.29 is 41.0 Å². The van der Waals surface area contributed by atoms with Gasteiger partial charge in [0.05, 0.1) is 27.2 Å². The Morgan fingerprint density at radius 3 is 2.59 bits per heavy atom. The van der Waals surface area contributed by atoms with Crippen molar-refractivity contribution in [1.29, 1.82) is 0 Å². The zero-order valence-electron chi connectivity index (χ0n) is 19.2. The minimum atomic E-state index is -4.90. The zero-order chi connectivity index (χ0) is 27.3. The molecule has 0 bridgehead atoms. The van der Waals surface area contributed by atoms with E-state index in [1.54, 1.807) is 0 Å². The molecular formula is C21H20F3N5O6S2. The van der Waals surface area contributed by atoms with Crippen LogP contribution in [0.4, 0.5) is 29.7 Å². The van der Waals surface area contributed by atoms with Gasteiger partial charge in [0.15, 0.2) is 15.0 Å². The second-order valence-corrected chi connectivity index (χ2v) is 11.4. The summed E-state index contributed by atoms with van der Waals surface area (Å²) in [5.41, 5.74) is 6.33. The Bertz CT molecular complexity index is 1510. The van der Waals surface area contributed by atoms with Crippen LogP contribution in [0.3, 0.4) is 0 Å². The average molecular weight is 560 g/mol. The first-order valence-electron chi connectivity index (χ1n) is 10.5. The molecular weight excluding hydrogens is 539 g/mol. The maximum absolute atomic E-state index is 13.1. The second-order valence-electron chi connectivity index (χ2n) is 8.04. The van der Waals surface area contributed by atoms with Crippen molar-refractivity contribution in [2.24, 2.45) is 5.73 Å². The number of fused-ring (bicyclic) bond motifs is 2. The number of hydrogen-bond donors (Lipinski definition) is 4. The number of amides is 1. The van der Waals surface area contributed by atoms with E-state index in [-0.39, 0.29) is 26.6 Å². The van der Waals surface area contributed by atoms with E-state index >= 15 is 0 Å². The highest BCUT2D eigenvalue weighted by Gasteiger charge is 2.56. The van der Waals surface area contributed by atoms with Gasteiger partial charge in [-0.2, -0.15) is 0 Å². The van der Waals surface area contributed by atoms with Gasteiger partial charge in [-0.1, -0.05) is 18.3 Å². The molecule has 2 atom stereocenters. The molecule has 37 heavy (non-hydrogen) atoms. The molecule has 5 N–H and O–H groups in total. The van der Waals surface area contributed by atoms with Crippen molar-refractivity contribution in [3.63, 3.8) is 0 Å². The topological polar surface area (TPSA) is 164 Å². The van der Waals surface area contributed by atoms with Gasteiger partial charge in [-0.25, -0.2) is 18.2 Å². The van der Waals surface area contributed by atoms with Crippen LogP contribution in [-0.4, -0.2) is 60.6 Å². The Labute approximate surface area is 211 Å². The number of carbonyl (C=O) groups excluding carboxylic acids is 1. The van der Waals surface area contributed by atoms with Gasteiger partial charge in [0.2, 0.25) is 16.9 Å². The molecule has 0 spiro atoms. The number of anilines is 3. The standard InChI is InChI=1S/C21H20F3N5O6S2/c1-3-37(33,34)16(17(25)30)20(27-13-8-10(18(31)32)4-7-14(13)29(20)2)28-19-26-12-6-5-11(9-15(12)36-19)35-21(22,23)24/h4-9,16,27H,3H2,1-2H3,(H2,25,30)(H,26,28)(H,31,32). The summed E-state index contributed by atoms with van der Waals surface area (Å²) in [6, 6.07) is 7.50. The van der Waals surface area contributed by atoms with Crippen LogP contribution in [0.5, 0.6) is 5.75 Å². The Kier molecular flexibility index (Phi) is 6.36. The van der Waals surface area contributed by atoms with Crippen LogP contribution in [-0.2, 0) is 14.6 Å². The summed E-state index contributed by atoms with van der Waals surface area (Å²) in [5.74, 6) is -5.30. The molecule has 2 unspecified atom stereocenters. The normalized spacial score (nSPS) is 18.2. The summed E-state index contributed by atoms with van der Waals surface area (Å²) >= 11 is 0.882. The molecule has 0 saturated carbocycles. The number of alkyl halides is 3. The molecule has 11 nitrogen and oxygen atoms in total. The summed E-state index contributed by atoms with van der Waals surface area (Å²) in [4.78, 5) is 29.8. The number of primary amides is 1. The Hall–Kier alpha value is -3.79. The average Bonchev–Trinajstić information content (AvgIpc) is 3.29. The number of nitrogens with one attached hydrogen (secondary N) is 2. The van der Waals surface area contributed by atoms with Gasteiger partial charge in [0, 0.05) is 18.9 Å². The van der Waals surface area contributed by atoms with Crippen molar-refractivity contribution in [1.82, 2.24) is 4.98 Å². The van der Waals surface area contributed by atoms with E-state index in [1.165, 1.54) is 43.1 Å². The lowest BCUT2D eigenvalue weighted by molar-refractivity contribution is -0.274. The maximum atomic E-state index is 13.1. The number of rotatable bonds is 8. The van der Waals surface area contributed by atoms with Gasteiger partial charge < -0.3 is 31.1 Å². The minimum Gasteiger partial charge on any atom is -0.478 e. The summed E-state index contributed by atoms with van der Waals surface area (Å²) in [7, 11) is -2.71. The lowest BCUT2D eigenvalue weighted by atomic mass is 10.2. The fraction of sp³-hybridized carbons (Fsp3) is 0.286. The van der Waals surface area contributed by atoms with Gasteiger partial charge in [-0.05, 0) is 30.3 Å². The van der Waals surface area contributed by atoms with Crippen molar-refractivity contribution in [2.75, 3.05) is 28.3 Å². The van der Waals surface area contributed by atoms with Crippen LogP contribution in [0.2, 0.25) is 0 Å². The van der Waals surface area contributed by atoms with Crippen molar-refractivity contribution in [2.45, 2.75) is 24.3 Å². The Morgan fingerprint density at radius 2 is 2.00 bits per heavy atom. The van der Waals surface area contributed by atoms with Crippen LogP contribution in [0.15, 0.2) is 36.4 Å². The lowest BCUT2D eigenvalue weighted by Crippen LogP contribution is -2.69. The number of aromatic nitrogens is 1. The number of nitrogens with two attached hydrogens (primary N) is 1. The van der Waals surface area contributed by atoms with Crippen LogP contribution in [0.25, 0.3) is 10.2 Å². The molecule has 16 heteroatoms. The number of carbonyl (C=O) groups is 2. The largest absolute Gasteiger partial charge is 0.573 e. The van der Waals surface area contributed by atoms with E-state index in [0.29, 0.717) is 5.69 Å². The second kappa shape index (κ2) is 8.95. The van der Waals surface area contributed by atoms with Crippen LogP contribution < -0.4 is 26.0 Å². The third-order valence-corrected chi connectivity index (χ3v) is 8.78. The summed E-state index contributed by atoms with van der Waals surface area (Å²) < 4.78 is 68.3. The molecule has 0 fully saturated rings. The molecule has 0 saturated heterocycles. The van der Waals surface area contributed by atoms with Gasteiger partial charge in [-0.15, -0.1) is 13.2 Å². The van der Waals surface area contributed by atoms with Gasteiger partial charge in [0.25, 0.3) is 0 Å². The molecule has 0 aliphatic carbocycles. The Morgan fingerprint density at radius 1 is 1.30 bits per heavy atom. The molecule has 0 radical (unpaired) electrons. The lowest BCUT2D eigenvalue weighted by Gasteiger charge is -2.42. The fourth-order valence-corrected chi connectivity index (χ4v) is 6.53. The van der Waals surface area contributed by atoms with E-state index in [1.807, 2.05) is 0 Å². The van der Waals surface area contributed by atoms with E-state index in [4.69, 9.17) is 5.73 Å². The molecule has 2 heterocycles. The first kappa shape index (κ1) is 26.3. The number of hydrogen-bond acceptors (Lipinski definition) is 10. The Balaban J connectivity index is 1.84. The highest BCUT2D eigenvalue weighted by atomic mass is 32.2. The maximum Gasteiger partial charge on any atom is 0.573 e. The highest BCUT2D eigenvalue weighted by molar-refractivity contribution is 7.92. The SMILES string of the molecule is CCS(=O)(=O)C(C(N)=O)C1(Nc2nc3ccc(OC(F)(F)F)cc3s2)Nc2cc(C(=O)O)ccc2N1C. The number of carboxylic acids is 1. The monoisotopic (exact) mass is 559 g/mol. The summed E-state index contributed by atoms with van der Waals surface area (Å²) in [5, 5.41) is 13.3. The first-order valence-corrected chi connectivity index (χ1v) is 13.0. The van der Waals surface area contributed by atoms with Crippen LogP contribution in [0, 0.1) is 0 Å². The number of nitrogens with zero attached hydrogens (tertiary/aromatic N) is 2.